The summed E-state index contributed by atoms with van der Waals surface area (Å²) in [6, 6.07) is 0. The minimum absolute atomic E-state index is 0.00255. The molecule has 6 heteroatoms. The number of carboxylic acid groups (broad SMARTS) is 1. The van der Waals surface area contributed by atoms with E-state index in [1.165, 1.54) is 62.5 Å². The van der Waals surface area contributed by atoms with Crippen LogP contribution in [0, 0.1) is 56.7 Å². The topological polar surface area (TPSA) is 78.8 Å². The normalized spacial score (nSPS) is 48.0. The van der Waals surface area contributed by atoms with Gasteiger partial charge in [0.2, 0.25) is 0 Å². The molecule has 10 unspecified atom stereocenters. The van der Waals surface area contributed by atoms with Crippen molar-refractivity contribution >= 4 is 5.97 Å². The summed E-state index contributed by atoms with van der Waals surface area (Å²) in [4.78, 5) is 11.9. The minimum atomic E-state index is -1.25. The number of aliphatic hydroxyl groups is 1. The first kappa shape index (κ1) is 34.0. The van der Waals surface area contributed by atoms with E-state index in [1.807, 2.05) is 0 Å². The average Bonchev–Trinajstić information content (AvgIpc) is 3.39. The van der Waals surface area contributed by atoms with Gasteiger partial charge in [-0.3, -0.25) is 4.79 Å². The third-order valence-electron chi connectivity index (χ3n) is 16.8. The molecule has 0 radical (unpaired) electrons. The highest BCUT2D eigenvalue weighted by atomic mass is 19.1. The Labute approximate surface area is 283 Å². The molecule has 0 amide bonds. The van der Waals surface area contributed by atoms with Crippen molar-refractivity contribution in [2.75, 3.05) is 26.4 Å². The van der Waals surface area contributed by atoms with Crippen LogP contribution in [0.15, 0.2) is 36.0 Å². The lowest BCUT2D eigenvalue weighted by molar-refractivity contribution is -0.221. The molecular formula is C41H62FNO4. The lowest BCUT2D eigenvalue weighted by Crippen LogP contribution is -2.68. The van der Waals surface area contributed by atoms with E-state index >= 15 is 0 Å². The lowest BCUT2D eigenvalue weighted by atomic mass is 9.33. The molecule has 7 rings (SSSR count). The van der Waals surface area contributed by atoms with Crippen LogP contribution in [0.2, 0.25) is 0 Å². The Balaban J connectivity index is 1.15. The average molecular weight is 652 g/mol. The number of alkyl halides is 1. The Bertz CT molecular complexity index is 1350. The first-order valence-electron chi connectivity index (χ1n) is 19.0. The fourth-order valence-electron chi connectivity index (χ4n) is 13.9. The van der Waals surface area contributed by atoms with Gasteiger partial charge in [-0.05, 0) is 152 Å². The zero-order chi connectivity index (χ0) is 33.7. The molecule has 3 N–H and O–H groups in total. The summed E-state index contributed by atoms with van der Waals surface area (Å²) in [5.74, 6) is 2.06. The summed E-state index contributed by atoms with van der Waals surface area (Å²) >= 11 is 0. The number of fused-ring (bicyclic) bond motifs is 7. The number of rotatable bonds is 8. The van der Waals surface area contributed by atoms with Gasteiger partial charge in [-0.15, -0.1) is 6.58 Å². The fraction of sp³-hybridized carbons (Fsp3) is 0.829. The maximum Gasteiger partial charge on any atom is 0.312 e. The van der Waals surface area contributed by atoms with E-state index in [2.05, 4.69) is 64.7 Å². The van der Waals surface area contributed by atoms with E-state index in [-0.39, 0.29) is 27.2 Å². The van der Waals surface area contributed by atoms with Gasteiger partial charge < -0.3 is 20.3 Å². The molecule has 0 aromatic heterocycles. The largest absolute Gasteiger partial charge is 0.481 e. The highest BCUT2D eigenvalue weighted by Crippen LogP contribution is 2.76. The van der Waals surface area contributed by atoms with Crippen molar-refractivity contribution < 1.29 is 24.1 Å². The number of ether oxygens (including phenoxy) is 1. The van der Waals surface area contributed by atoms with E-state index in [0.717, 1.165) is 19.4 Å². The highest BCUT2D eigenvalue weighted by molar-refractivity contribution is 5.75. The van der Waals surface area contributed by atoms with Gasteiger partial charge in [0.05, 0.1) is 18.6 Å². The van der Waals surface area contributed by atoms with Crippen molar-refractivity contribution in [1.29, 1.82) is 0 Å². The second kappa shape index (κ2) is 11.3. The van der Waals surface area contributed by atoms with Crippen molar-refractivity contribution in [3.63, 3.8) is 0 Å². The maximum atomic E-state index is 13.9. The van der Waals surface area contributed by atoms with Crippen LogP contribution in [0.1, 0.15) is 118 Å². The number of hydrogen-bond donors (Lipinski definition) is 3. The lowest BCUT2D eigenvalue weighted by Gasteiger charge is -2.72. The first-order valence-corrected chi connectivity index (χ1v) is 19.0. The summed E-state index contributed by atoms with van der Waals surface area (Å²) in [6.45, 7) is 18.3. The summed E-state index contributed by atoms with van der Waals surface area (Å²) in [7, 11) is 0. The molecule has 5 nitrogen and oxygen atoms in total. The van der Waals surface area contributed by atoms with Crippen molar-refractivity contribution in [3.8, 4) is 0 Å². The first-order chi connectivity index (χ1) is 22.1. The van der Waals surface area contributed by atoms with Crippen LogP contribution < -0.4 is 5.32 Å². The molecule has 262 valence electrons. The molecule has 0 bridgehead atoms. The number of carbonyl (C=O) groups is 1. The Morgan fingerprint density at radius 3 is 2.36 bits per heavy atom. The molecule has 6 aliphatic carbocycles. The monoisotopic (exact) mass is 651 g/mol. The number of nitrogens with one attached hydrogen (secondary N) is 1. The second-order valence-corrected chi connectivity index (χ2v) is 18.9. The van der Waals surface area contributed by atoms with Crippen LogP contribution in [0.4, 0.5) is 4.39 Å². The van der Waals surface area contributed by atoms with E-state index in [1.54, 1.807) is 0 Å². The van der Waals surface area contributed by atoms with E-state index < -0.39 is 23.7 Å². The van der Waals surface area contributed by atoms with Gasteiger partial charge in [0, 0.05) is 5.54 Å². The number of halogens is 1. The van der Waals surface area contributed by atoms with Gasteiger partial charge in [-0.25, -0.2) is 4.39 Å². The van der Waals surface area contributed by atoms with Crippen LogP contribution in [0.25, 0.3) is 0 Å². The van der Waals surface area contributed by atoms with E-state index in [0.29, 0.717) is 62.1 Å². The Morgan fingerprint density at radius 1 is 0.979 bits per heavy atom. The molecule has 1 heterocycles. The number of allylic oxidation sites excluding steroid dienone is 5. The molecule has 0 spiro atoms. The third-order valence-corrected chi connectivity index (χ3v) is 16.8. The molecule has 4 saturated carbocycles. The zero-order valence-electron chi connectivity index (χ0n) is 29.9. The molecule has 0 aromatic carbocycles. The van der Waals surface area contributed by atoms with Gasteiger partial charge >= 0.3 is 5.97 Å². The molecule has 1 saturated heterocycles. The standard InChI is InChI=1S/C41H62FNO4/c1-7-27-12-19-41(43-23-22-40(46)25-47-26-40)21-20-37(5)30(33(27)41)8-9-32-36(4)15-13-29(35(2,3)31(36)14-16-38(32,37)6)28-10-17-39(24-42,18-11-28)34(44)45/h7,10,13,27,30-33,43,46H,1,8-9,11-12,14-26H2,2-6H3,(H,44,45). The van der Waals surface area contributed by atoms with Gasteiger partial charge in [0.1, 0.15) is 12.3 Å². The van der Waals surface area contributed by atoms with Crippen LogP contribution in [0.5, 0.6) is 0 Å². The zero-order valence-corrected chi connectivity index (χ0v) is 29.9. The van der Waals surface area contributed by atoms with Gasteiger partial charge in [-0.2, -0.15) is 0 Å². The molecular weight excluding hydrogens is 589 g/mol. The van der Waals surface area contributed by atoms with E-state index in [9.17, 15) is 19.4 Å². The van der Waals surface area contributed by atoms with Crippen LogP contribution in [-0.4, -0.2) is 53.8 Å². The number of hydrogen-bond acceptors (Lipinski definition) is 4. The quantitative estimate of drug-likeness (QED) is 0.230. The van der Waals surface area contributed by atoms with Crippen molar-refractivity contribution in [2.45, 2.75) is 129 Å². The summed E-state index contributed by atoms with van der Waals surface area (Å²) in [6.07, 6.45) is 20.1. The Hall–Kier alpha value is -1.50. The number of aliphatic carboxylic acids is 1. The van der Waals surface area contributed by atoms with Gasteiger partial charge in [0.15, 0.2) is 0 Å². The molecule has 5 fully saturated rings. The second-order valence-electron chi connectivity index (χ2n) is 18.9. The smallest absolute Gasteiger partial charge is 0.312 e. The molecule has 0 aromatic rings. The van der Waals surface area contributed by atoms with Crippen LogP contribution in [-0.2, 0) is 9.53 Å². The predicted molar refractivity (Wildman–Crippen MR) is 184 cm³/mol. The summed E-state index contributed by atoms with van der Waals surface area (Å²) < 4.78 is 19.3. The predicted octanol–water partition coefficient (Wildman–Crippen LogP) is 8.43. The molecule has 47 heavy (non-hydrogen) atoms. The van der Waals surface area contributed by atoms with E-state index in [4.69, 9.17) is 4.74 Å². The van der Waals surface area contributed by atoms with Crippen molar-refractivity contribution in [2.24, 2.45) is 56.7 Å². The Morgan fingerprint density at radius 2 is 1.74 bits per heavy atom. The van der Waals surface area contributed by atoms with Crippen molar-refractivity contribution in [3.05, 3.63) is 36.0 Å². The Kier molecular flexibility index (Phi) is 8.13. The minimum Gasteiger partial charge on any atom is -0.481 e. The molecule has 1 aliphatic heterocycles. The fourth-order valence-corrected chi connectivity index (χ4v) is 13.9. The van der Waals surface area contributed by atoms with Gasteiger partial charge in [-0.1, -0.05) is 52.8 Å². The van der Waals surface area contributed by atoms with Crippen molar-refractivity contribution in [1.82, 2.24) is 5.32 Å². The summed E-state index contributed by atoms with van der Waals surface area (Å²) in [5, 5.41) is 24.6. The van der Waals surface area contributed by atoms with Crippen LogP contribution >= 0.6 is 0 Å². The summed E-state index contributed by atoms with van der Waals surface area (Å²) in [5.41, 5.74) is 1.69. The van der Waals surface area contributed by atoms with Gasteiger partial charge in [0.25, 0.3) is 0 Å². The third kappa shape index (κ3) is 4.72. The molecule has 7 aliphatic rings. The molecule has 10 atom stereocenters. The number of carboxylic acids is 1. The maximum absolute atomic E-state index is 13.9. The SMILES string of the molecule is C=CC1CCC2(NCCC3(O)COC3)CCC3(C)C(CCC4C5(C)CC=C(C6=CCC(CF)(C(=O)O)CC6)C(C)(C)C5CCC43C)C12. The highest BCUT2D eigenvalue weighted by Gasteiger charge is 2.70. The van der Waals surface area contributed by atoms with Crippen LogP contribution in [0.3, 0.4) is 0 Å².